The van der Waals surface area contributed by atoms with Gasteiger partial charge in [0.25, 0.3) is 0 Å². The highest BCUT2D eigenvalue weighted by Crippen LogP contribution is 2.32. The van der Waals surface area contributed by atoms with Crippen LogP contribution >= 0.6 is 11.5 Å². The predicted molar refractivity (Wildman–Crippen MR) is 82.5 cm³/mol. The second-order valence-corrected chi connectivity index (χ2v) is 5.53. The maximum absolute atomic E-state index is 10.1. The minimum Gasteiger partial charge on any atom is -0.482 e. The summed E-state index contributed by atoms with van der Waals surface area (Å²) in [6.07, 6.45) is 0.138. The van der Waals surface area contributed by atoms with Crippen molar-refractivity contribution in [1.82, 2.24) is 4.37 Å². The van der Waals surface area contributed by atoms with Crippen LogP contribution in [0.3, 0.4) is 0 Å². The molecule has 4 nitrogen and oxygen atoms in total. The number of aliphatic hydroxyl groups excluding tert-OH is 2. The molecule has 108 valence electrons. The average Bonchev–Trinajstić information content (AvgIpc) is 3.02. The van der Waals surface area contributed by atoms with E-state index in [9.17, 15) is 10.2 Å². The van der Waals surface area contributed by atoms with E-state index in [1.165, 1.54) is 11.5 Å². The molecule has 0 saturated carbocycles. The molecule has 2 aromatic carbocycles. The van der Waals surface area contributed by atoms with Gasteiger partial charge in [-0.25, -0.2) is 0 Å². The summed E-state index contributed by atoms with van der Waals surface area (Å²) in [4.78, 5) is 0. The Morgan fingerprint density at radius 3 is 2.67 bits per heavy atom. The van der Waals surface area contributed by atoms with Gasteiger partial charge < -0.3 is 14.9 Å². The Morgan fingerprint density at radius 2 is 1.90 bits per heavy atom. The fourth-order valence-corrected chi connectivity index (χ4v) is 2.88. The monoisotopic (exact) mass is 301 g/mol. The molecule has 1 heterocycles. The van der Waals surface area contributed by atoms with Crippen molar-refractivity contribution in [2.45, 2.75) is 12.2 Å². The third-order valence-corrected chi connectivity index (χ3v) is 4.04. The minimum atomic E-state index is -0.991. The van der Waals surface area contributed by atoms with Crippen LogP contribution in [0.25, 0.3) is 10.1 Å². The van der Waals surface area contributed by atoms with E-state index >= 15 is 0 Å². The Bertz CT molecular complexity index is 714. The van der Waals surface area contributed by atoms with E-state index in [4.69, 9.17) is 4.74 Å². The first kappa shape index (κ1) is 14.0. The summed E-state index contributed by atoms with van der Waals surface area (Å²) in [6, 6.07) is 15.1. The van der Waals surface area contributed by atoms with Crippen molar-refractivity contribution in [2.75, 3.05) is 6.61 Å². The minimum absolute atomic E-state index is 0.364. The highest BCUT2D eigenvalue weighted by Gasteiger charge is 2.23. The Hall–Kier alpha value is -1.95. The molecule has 1 aromatic heterocycles. The molecule has 0 radical (unpaired) electrons. The molecular formula is C16H15NO3S. The van der Waals surface area contributed by atoms with E-state index in [0.717, 1.165) is 15.6 Å². The van der Waals surface area contributed by atoms with Crippen molar-refractivity contribution >= 4 is 21.6 Å². The van der Waals surface area contributed by atoms with Gasteiger partial charge in [-0.3, -0.25) is 0 Å². The zero-order valence-electron chi connectivity index (χ0n) is 11.2. The van der Waals surface area contributed by atoms with E-state index in [2.05, 4.69) is 4.37 Å². The van der Waals surface area contributed by atoms with Gasteiger partial charge in [-0.2, -0.15) is 4.37 Å². The van der Waals surface area contributed by atoms with Gasteiger partial charge in [0.05, 0.1) is 22.9 Å². The fraction of sp³-hybridized carbons (Fsp3) is 0.188. The molecule has 0 amide bonds. The fourth-order valence-electron chi connectivity index (χ4n) is 2.21. The molecule has 0 saturated heterocycles. The van der Waals surface area contributed by atoms with Crippen molar-refractivity contribution in [3.05, 3.63) is 60.3 Å². The van der Waals surface area contributed by atoms with Crippen LogP contribution in [0, 0.1) is 0 Å². The van der Waals surface area contributed by atoms with E-state index in [-0.39, 0.29) is 6.61 Å². The smallest absolute Gasteiger partial charge is 0.152 e. The molecule has 3 rings (SSSR count). The molecule has 0 unspecified atom stereocenters. The first-order chi connectivity index (χ1) is 10.3. The number of fused-ring (bicyclic) bond motifs is 1. The Labute approximate surface area is 126 Å². The maximum Gasteiger partial charge on any atom is 0.152 e. The van der Waals surface area contributed by atoms with Gasteiger partial charge in [-0.05, 0) is 29.2 Å². The van der Waals surface area contributed by atoms with Crippen LogP contribution < -0.4 is 4.74 Å². The van der Waals surface area contributed by atoms with E-state index in [1.807, 2.05) is 48.5 Å². The highest BCUT2D eigenvalue weighted by molar-refractivity contribution is 7.13. The summed E-state index contributed by atoms with van der Waals surface area (Å²) in [5, 5.41) is 20.3. The van der Waals surface area contributed by atoms with E-state index in [0.29, 0.717) is 5.75 Å². The Kier molecular flexibility index (Phi) is 4.15. The lowest BCUT2D eigenvalue weighted by Crippen LogP contribution is -2.27. The number of benzene rings is 2. The number of rotatable bonds is 5. The van der Waals surface area contributed by atoms with Crippen molar-refractivity contribution < 1.29 is 14.9 Å². The average molecular weight is 301 g/mol. The number of aliphatic hydroxyl groups is 2. The molecule has 5 heteroatoms. The Morgan fingerprint density at radius 1 is 1.10 bits per heavy atom. The normalized spacial score (nSPS) is 14.0. The molecule has 0 bridgehead atoms. The van der Waals surface area contributed by atoms with Crippen LogP contribution in [-0.2, 0) is 0 Å². The maximum atomic E-state index is 10.1. The number of ether oxygens (including phenoxy) is 1. The third kappa shape index (κ3) is 2.90. The van der Waals surface area contributed by atoms with Crippen molar-refractivity contribution in [3.63, 3.8) is 0 Å². The number of aromatic nitrogens is 1. The van der Waals surface area contributed by atoms with Gasteiger partial charge >= 0.3 is 0 Å². The van der Waals surface area contributed by atoms with Gasteiger partial charge in [0.2, 0.25) is 0 Å². The van der Waals surface area contributed by atoms with Crippen molar-refractivity contribution in [2.24, 2.45) is 0 Å². The first-order valence-corrected chi connectivity index (χ1v) is 7.41. The zero-order valence-corrected chi connectivity index (χ0v) is 12.0. The Balaban J connectivity index is 1.97. The summed E-state index contributed by atoms with van der Waals surface area (Å²) >= 11 is 1.40. The first-order valence-electron chi connectivity index (χ1n) is 6.63. The molecule has 2 N–H and O–H groups in total. The largest absolute Gasteiger partial charge is 0.482 e. The summed E-state index contributed by atoms with van der Waals surface area (Å²) in [6.45, 7) is -0.364. The standard InChI is InChI=1S/C16H15NO3S/c18-10-13(19)16(11-5-2-1-3-6-11)20-14-7-4-8-15-12(14)9-17-21-15/h1-9,13,16,18-19H,10H2/t13-,16+/m0/s1. The van der Waals surface area contributed by atoms with Gasteiger partial charge in [0.1, 0.15) is 11.9 Å². The third-order valence-electron chi connectivity index (χ3n) is 3.28. The van der Waals surface area contributed by atoms with Crippen LogP contribution in [0.4, 0.5) is 0 Å². The SMILES string of the molecule is OC[C@H](O)[C@H](Oc1cccc2sncc12)c1ccccc1. The number of nitrogens with zero attached hydrogens (tertiary/aromatic N) is 1. The second-order valence-electron chi connectivity index (χ2n) is 4.69. The van der Waals surface area contributed by atoms with Crippen LogP contribution in [0.15, 0.2) is 54.7 Å². The van der Waals surface area contributed by atoms with Gasteiger partial charge in [-0.15, -0.1) is 0 Å². The van der Waals surface area contributed by atoms with Crippen LogP contribution in [0.2, 0.25) is 0 Å². The van der Waals surface area contributed by atoms with E-state index < -0.39 is 12.2 Å². The van der Waals surface area contributed by atoms with Crippen LogP contribution in [0.5, 0.6) is 5.75 Å². The molecule has 0 aliphatic carbocycles. The van der Waals surface area contributed by atoms with Crippen molar-refractivity contribution in [1.29, 1.82) is 0 Å². The molecule has 0 aliphatic heterocycles. The number of hydrogen-bond donors (Lipinski definition) is 2. The highest BCUT2D eigenvalue weighted by atomic mass is 32.1. The lowest BCUT2D eigenvalue weighted by molar-refractivity contribution is -0.00123. The molecule has 21 heavy (non-hydrogen) atoms. The van der Waals surface area contributed by atoms with Gasteiger partial charge in [0, 0.05) is 0 Å². The van der Waals surface area contributed by atoms with Crippen molar-refractivity contribution in [3.8, 4) is 5.75 Å². The van der Waals surface area contributed by atoms with E-state index in [1.54, 1.807) is 6.20 Å². The van der Waals surface area contributed by atoms with Gasteiger partial charge in [-0.1, -0.05) is 36.4 Å². The molecule has 0 spiro atoms. The van der Waals surface area contributed by atoms with Gasteiger partial charge in [0.15, 0.2) is 6.10 Å². The summed E-state index contributed by atoms with van der Waals surface area (Å²) in [7, 11) is 0. The molecular weight excluding hydrogens is 286 g/mol. The van der Waals surface area contributed by atoms with Crippen LogP contribution in [0.1, 0.15) is 11.7 Å². The molecule has 2 atom stereocenters. The molecule has 0 fully saturated rings. The lowest BCUT2D eigenvalue weighted by atomic mass is 10.0. The second kappa shape index (κ2) is 6.22. The quantitative estimate of drug-likeness (QED) is 0.760. The summed E-state index contributed by atoms with van der Waals surface area (Å²) in [5.74, 6) is 0.655. The summed E-state index contributed by atoms with van der Waals surface area (Å²) in [5.41, 5.74) is 0.819. The zero-order chi connectivity index (χ0) is 14.7. The summed E-state index contributed by atoms with van der Waals surface area (Å²) < 4.78 is 11.2. The topological polar surface area (TPSA) is 62.6 Å². The molecule has 3 aromatic rings. The predicted octanol–water partition coefficient (Wildman–Crippen LogP) is 2.77. The number of hydrogen-bond acceptors (Lipinski definition) is 5. The lowest BCUT2D eigenvalue weighted by Gasteiger charge is -2.23. The molecule has 0 aliphatic rings. The van der Waals surface area contributed by atoms with Crippen LogP contribution in [-0.4, -0.2) is 27.3 Å².